The SMILES string of the molecule is O=C(CC1CCCC1)NC[C@]1(O)CCCNC1. The van der Waals surface area contributed by atoms with Gasteiger partial charge in [-0.3, -0.25) is 4.79 Å². The molecule has 4 heteroatoms. The van der Waals surface area contributed by atoms with Crippen LogP contribution < -0.4 is 10.6 Å². The first-order chi connectivity index (χ1) is 8.18. The summed E-state index contributed by atoms with van der Waals surface area (Å²) in [6.07, 6.45) is 7.33. The maximum atomic E-state index is 11.7. The summed E-state index contributed by atoms with van der Waals surface area (Å²) >= 11 is 0. The number of carbonyl (C=O) groups excluding carboxylic acids is 1. The van der Waals surface area contributed by atoms with Gasteiger partial charge in [0.25, 0.3) is 0 Å². The Morgan fingerprint density at radius 2 is 2.12 bits per heavy atom. The number of hydrogen-bond acceptors (Lipinski definition) is 3. The average Bonchev–Trinajstić information content (AvgIpc) is 2.80. The van der Waals surface area contributed by atoms with Gasteiger partial charge in [0.2, 0.25) is 5.91 Å². The van der Waals surface area contributed by atoms with Crippen molar-refractivity contribution < 1.29 is 9.90 Å². The van der Waals surface area contributed by atoms with Crippen molar-refractivity contribution in [2.24, 2.45) is 5.92 Å². The van der Waals surface area contributed by atoms with Crippen molar-refractivity contribution in [3.63, 3.8) is 0 Å². The van der Waals surface area contributed by atoms with Crippen LogP contribution in [0.1, 0.15) is 44.9 Å². The molecule has 0 spiro atoms. The van der Waals surface area contributed by atoms with Gasteiger partial charge in [-0.1, -0.05) is 12.8 Å². The molecule has 2 aliphatic rings. The van der Waals surface area contributed by atoms with Gasteiger partial charge in [0, 0.05) is 19.5 Å². The molecule has 3 N–H and O–H groups in total. The average molecular weight is 240 g/mol. The highest BCUT2D eigenvalue weighted by atomic mass is 16.3. The molecule has 1 saturated heterocycles. The molecule has 1 heterocycles. The van der Waals surface area contributed by atoms with E-state index in [9.17, 15) is 9.90 Å². The first kappa shape index (κ1) is 12.8. The molecule has 0 aromatic carbocycles. The van der Waals surface area contributed by atoms with Crippen molar-refractivity contribution in [3.8, 4) is 0 Å². The summed E-state index contributed by atoms with van der Waals surface area (Å²) in [5.41, 5.74) is -0.733. The Morgan fingerprint density at radius 3 is 2.76 bits per heavy atom. The topological polar surface area (TPSA) is 61.4 Å². The Kier molecular flexibility index (Phi) is 4.40. The lowest BCUT2D eigenvalue weighted by Gasteiger charge is -2.32. The highest BCUT2D eigenvalue weighted by molar-refractivity contribution is 5.76. The minimum Gasteiger partial charge on any atom is -0.387 e. The van der Waals surface area contributed by atoms with E-state index in [0.717, 1.165) is 19.4 Å². The second-order valence-corrected chi connectivity index (χ2v) is 5.64. The summed E-state index contributed by atoms with van der Waals surface area (Å²) in [7, 11) is 0. The van der Waals surface area contributed by atoms with Crippen LogP contribution in [0.5, 0.6) is 0 Å². The molecule has 2 rings (SSSR count). The van der Waals surface area contributed by atoms with E-state index in [4.69, 9.17) is 0 Å². The fourth-order valence-electron chi connectivity index (χ4n) is 2.91. The summed E-state index contributed by atoms with van der Waals surface area (Å²) in [5.74, 6) is 0.685. The third-order valence-electron chi connectivity index (χ3n) is 4.01. The van der Waals surface area contributed by atoms with E-state index in [1.54, 1.807) is 0 Å². The van der Waals surface area contributed by atoms with Crippen molar-refractivity contribution in [3.05, 3.63) is 0 Å². The normalized spacial score (nSPS) is 30.4. The Balaban J connectivity index is 1.67. The third kappa shape index (κ3) is 3.96. The van der Waals surface area contributed by atoms with Crippen LogP contribution in [0.25, 0.3) is 0 Å². The monoisotopic (exact) mass is 240 g/mol. The number of amides is 1. The summed E-state index contributed by atoms with van der Waals surface area (Å²) < 4.78 is 0. The molecule has 0 aromatic rings. The van der Waals surface area contributed by atoms with Gasteiger partial charge >= 0.3 is 0 Å². The number of rotatable bonds is 4. The zero-order valence-corrected chi connectivity index (χ0v) is 10.5. The molecule has 1 aliphatic carbocycles. The van der Waals surface area contributed by atoms with E-state index in [0.29, 0.717) is 25.4 Å². The lowest BCUT2D eigenvalue weighted by molar-refractivity contribution is -0.123. The number of β-amino-alcohol motifs (C(OH)–C–C–N with tert-alkyl or cyclic N) is 1. The van der Waals surface area contributed by atoms with Crippen LogP contribution in [-0.2, 0) is 4.79 Å². The molecule has 17 heavy (non-hydrogen) atoms. The molecule has 1 saturated carbocycles. The van der Waals surface area contributed by atoms with E-state index < -0.39 is 5.60 Å². The van der Waals surface area contributed by atoms with Gasteiger partial charge in [-0.15, -0.1) is 0 Å². The van der Waals surface area contributed by atoms with Gasteiger partial charge in [0.1, 0.15) is 0 Å². The number of nitrogens with one attached hydrogen (secondary N) is 2. The standard InChI is InChI=1S/C13H24N2O2/c16-12(8-11-4-1-2-5-11)15-10-13(17)6-3-7-14-9-13/h11,14,17H,1-10H2,(H,15,16)/t13-/m0/s1. The second-order valence-electron chi connectivity index (χ2n) is 5.64. The Morgan fingerprint density at radius 1 is 1.35 bits per heavy atom. The lowest BCUT2D eigenvalue weighted by atomic mass is 9.94. The highest BCUT2D eigenvalue weighted by Gasteiger charge is 2.29. The van der Waals surface area contributed by atoms with Gasteiger partial charge in [-0.05, 0) is 38.1 Å². The first-order valence-corrected chi connectivity index (χ1v) is 6.88. The molecule has 0 aromatic heterocycles. The Labute approximate surface area is 103 Å². The number of hydrogen-bond donors (Lipinski definition) is 3. The summed E-state index contributed by atoms with van der Waals surface area (Å²) in [5, 5.41) is 16.3. The quantitative estimate of drug-likeness (QED) is 0.681. The fourth-order valence-corrected chi connectivity index (χ4v) is 2.91. The van der Waals surface area contributed by atoms with Crippen LogP contribution in [0.2, 0.25) is 0 Å². The van der Waals surface area contributed by atoms with E-state index in [-0.39, 0.29) is 5.91 Å². The minimum absolute atomic E-state index is 0.107. The number of carbonyl (C=O) groups is 1. The maximum absolute atomic E-state index is 11.7. The van der Waals surface area contributed by atoms with Crippen molar-refractivity contribution in [2.75, 3.05) is 19.6 Å². The third-order valence-corrected chi connectivity index (χ3v) is 4.01. The van der Waals surface area contributed by atoms with Crippen LogP contribution in [0.3, 0.4) is 0 Å². The van der Waals surface area contributed by atoms with E-state index in [2.05, 4.69) is 10.6 Å². The van der Waals surface area contributed by atoms with E-state index in [1.165, 1.54) is 25.7 Å². The van der Waals surface area contributed by atoms with Gasteiger partial charge in [-0.2, -0.15) is 0 Å². The van der Waals surface area contributed by atoms with Gasteiger partial charge in [-0.25, -0.2) is 0 Å². The summed E-state index contributed by atoms with van der Waals surface area (Å²) in [4.78, 5) is 11.7. The van der Waals surface area contributed by atoms with Crippen LogP contribution in [-0.4, -0.2) is 36.2 Å². The predicted molar refractivity (Wildman–Crippen MR) is 66.6 cm³/mol. The molecule has 0 radical (unpaired) electrons. The van der Waals surface area contributed by atoms with Crippen molar-refractivity contribution in [1.82, 2.24) is 10.6 Å². The van der Waals surface area contributed by atoms with E-state index >= 15 is 0 Å². The summed E-state index contributed by atoms with van der Waals surface area (Å²) in [6.45, 7) is 1.96. The second kappa shape index (κ2) is 5.83. The smallest absolute Gasteiger partial charge is 0.220 e. The molecule has 1 atom stereocenters. The molecule has 4 nitrogen and oxygen atoms in total. The number of piperidine rings is 1. The largest absolute Gasteiger partial charge is 0.387 e. The van der Waals surface area contributed by atoms with Crippen molar-refractivity contribution in [2.45, 2.75) is 50.5 Å². The zero-order valence-electron chi connectivity index (χ0n) is 10.5. The van der Waals surface area contributed by atoms with Crippen LogP contribution in [0.4, 0.5) is 0 Å². The molecule has 2 fully saturated rings. The molecule has 1 aliphatic heterocycles. The van der Waals surface area contributed by atoms with Crippen molar-refractivity contribution in [1.29, 1.82) is 0 Å². The lowest BCUT2D eigenvalue weighted by Crippen LogP contribution is -2.52. The Bertz CT molecular complexity index is 256. The zero-order chi connectivity index (χ0) is 12.1. The molecule has 98 valence electrons. The highest BCUT2D eigenvalue weighted by Crippen LogP contribution is 2.27. The molecular weight excluding hydrogens is 216 g/mol. The number of aliphatic hydroxyl groups is 1. The Hall–Kier alpha value is -0.610. The predicted octanol–water partition coefficient (Wildman–Crippen LogP) is 0.797. The van der Waals surface area contributed by atoms with Gasteiger partial charge in [0.15, 0.2) is 0 Å². The van der Waals surface area contributed by atoms with Gasteiger partial charge < -0.3 is 15.7 Å². The molecular formula is C13H24N2O2. The van der Waals surface area contributed by atoms with Crippen LogP contribution >= 0.6 is 0 Å². The van der Waals surface area contributed by atoms with E-state index in [1.807, 2.05) is 0 Å². The summed E-state index contributed by atoms with van der Waals surface area (Å²) in [6, 6.07) is 0. The van der Waals surface area contributed by atoms with Gasteiger partial charge in [0.05, 0.1) is 5.60 Å². The first-order valence-electron chi connectivity index (χ1n) is 6.88. The minimum atomic E-state index is -0.733. The maximum Gasteiger partial charge on any atom is 0.220 e. The molecule has 0 unspecified atom stereocenters. The van der Waals surface area contributed by atoms with Crippen LogP contribution in [0, 0.1) is 5.92 Å². The molecule has 0 bridgehead atoms. The fraction of sp³-hybridized carbons (Fsp3) is 0.923. The molecule has 1 amide bonds. The van der Waals surface area contributed by atoms with Crippen molar-refractivity contribution >= 4 is 5.91 Å². The van der Waals surface area contributed by atoms with Crippen LogP contribution in [0.15, 0.2) is 0 Å².